The summed E-state index contributed by atoms with van der Waals surface area (Å²) in [6.07, 6.45) is 0.399. The first-order valence-electron chi connectivity index (χ1n) is 14.0. The number of carbonyl (C=O) groups is 3. The van der Waals surface area contributed by atoms with Crippen molar-refractivity contribution in [3.8, 4) is 5.75 Å². The monoisotopic (exact) mass is 595 g/mol. The maximum absolute atomic E-state index is 14.0. The van der Waals surface area contributed by atoms with Crippen molar-refractivity contribution in [2.75, 3.05) is 13.7 Å². The zero-order valence-electron chi connectivity index (χ0n) is 24.8. The van der Waals surface area contributed by atoms with Crippen LogP contribution in [0.1, 0.15) is 56.0 Å². The van der Waals surface area contributed by atoms with Crippen LogP contribution in [0.25, 0.3) is 0 Å². The SMILES string of the molecule is COc1cccc(CN(Cc2cccs2)C(=O)[C@H](CCCCNC(=O)OCc2ccccc2)NC(=O)OC(C)(C)C)c1. The van der Waals surface area contributed by atoms with Gasteiger partial charge in [0.1, 0.15) is 24.0 Å². The molecule has 0 saturated heterocycles. The number of amides is 3. The minimum atomic E-state index is -0.810. The average molecular weight is 596 g/mol. The molecule has 3 rings (SSSR count). The minimum Gasteiger partial charge on any atom is -0.497 e. The number of methoxy groups -OCH3 is 1. The third kappa shape index (κ3) is 11.8. The van der Waals surface area contributed by atoms with Gasteiger partial charge < -0.3 is 29.7 Å². The van der Waals surface area contributed by atoms with Crippen LogP contribution in [0.15, 0.2) is 72.1 Å². The van der Waals surface area contributed by atoms with Gasteiger partial charge in [-0.3, -0.25) is 4.79 Å². The van der Waals surface area contributed by atoms with Gasteiger partial charge in [0, 0.05) is 18.0 Å². The zero-order chi connectivity index (χ0) is 30.4. The average Bonchev–Trinajstić information content (AvgIpc) is 3.47. The first kappa shape index (κ1) is 32.5. The molecule has 10 heteroatoms. The third-order valence-corrected chi connectivity index (χ3v) is 7.00. The van der Waals surface area contributed by atoms with Gasteiger partial charge >= 0.3 is 12.2 Å². The van der Waals surface area contributed by atoms with Crippen molar-refractivity contribution in [1.29, 1.82) is 0 Å². The van der Waals surface area contributed by atoms with Crippen molar-refractivity contribution >= 4 is 29.4 Å². The predicted octanol–water partition coefficient (Wildman–Crippen LogP) is 6.28. The summed E-state index contributed by atoms with van der Waals surface area (Å²) in [7, 11) is 1.60. The van der Waals surface area contributed by atoms with E-state index in [9.17, 15) is 14.4 Å². The molecule has 0 aliphatic rings. The minimum absolute atomic E-state index is 0.191. The second kappa shape index (κ2) is 16.4. The highest BCUT2D eigenvalue weighted by Crippen LogP contribution is 2.20. The van der Waals surface area contributed by atoms with Crippen LogP contribution in [-0.4, -0.2) is 48.3 Å². The van der Waals surface area contributed by atoms with Crippen LogP contribution in [0.3, 0.4) is 0 Å². The Morgan fingerprint density at radius 1 is 0.905 bits per heavy atom. The fourth-order valence-electron chi connectivity index (χ4n) is 4.16. The lowest BCUT2D eigenvalue weighted by molar-refractivity contribution is -0.135. The number of hydrogen-bond acceptors (Lipinski definition) is 7. The van der Waals surface area contributed by atoms with E-state index in [1.165, 1.54) is 0 Å². The van der Waals surface area contributed by atoms with Crippen molar-refractivity contribution in [1.82, 2.24) is 15.5 Å². The molecule has 226 valence electrons. The van der Waals surface area contributed by atoms with E-state index in [1.54, 1.807) is 44.1 Å². The van der Waals surface area contributed by atoms with Crippen LogP contribution in [0, 0.1) is 0 Å². The molecule has 2 aromatic carbocycles. The van der Waals surface area contributed by atoms with Gasteiger partial charge in [0.05, 0.1) is 13.7 Å². The lowest BCUT2D eigenvalue weighted by Crippen LogP contribution is -2.49. The molecule has 0 saturated carbocycles. The first-order chi connectivity index (χ1) is 20.1. The fraction of sp³-hybridized carbons (Fsp3) is 0.406. The molecule has 1 aromatic heterocycles. The van der Waals surface area contributed by atoms with Crippen molar-refractivity contribution in [3.05, 3.63) is 88.1 Å². The number of carbonyl (C=O) groups excluding carboxylic acids is 3. The van der Waals surface area contributed by atoms with E-state index in [4.69, 9.17) is 14.2 Å². The quantitative estimate of drug-likeness (QED) is 0.213. The third-order valence-electron chi connectivity index (χ3n) is 6.14. The van der Waals surface area contributed by atoms with Crippen molar-refractivity contribution < 1.29 is 28.6 Å². The number of thiophene rings is 1. The van der Waals surface area contributed by atoms with Crippen LogP contribution in [0.5, 0.6) is 5.75 Å². The number of unbranched alkanes of at least 4 members (excludes halogenated alkanes) is 1. The Morgan fingerprint density at radius 3 is 2.36 bits per heavy atom. The Hall–Kier alpha value is -4.05. The molecule has 0 spiro atoms. The zero-order valence-corrected chi connectivity index (χ0v) is 25.6. The van der Waals surface area contributed by atoms with E-state index in [0.717, 1.165) is 16.0 Å². The van der Waals surface area contributed by atoms with Crippen molar-refractivity contribution in [3.63, 3.8) is 0 Å². The molecule has 0 aliphatic heterocycles. The van der Waals surface area contributed by atoms with Crippen molar-refractivity contribution in [2.45, 2.75) is 71.4 Å². The number of nitrogens with one attached hydrogen (secondary N) is 2. The molecule has 0 fully saturated rings. The highest BCUT2D eigenvalue weighted by atomic mass is 32.1. The molecule has 0 bridgehead atoms. The van der Waals surface area contributed by atoms with Crippen LogP contribution in [0.4, 0.5) is 9.59 Å². The molecule has 0 radical (unpaired) electrons. The Kier molecular flexibility index (Phi) is 12.7. The van der Waals surface area contributed by atoms with E-state index >= 15 is 0 Å². The van der Waals surface area contributed by atoms with Crippen LogP contribution < -0.4 is 15.4 Å². The second-order valence-electron chi connectivity index (χ2n) is 10.8. The number of hydrogen-bond donors (Lipinski definition) is 2. The first-order valence-corrected chi connectivity index (χ1v) is 14.9. The maximum atomic E-state index is 14.0. The molecule has 3 amide bonds. The summed E-state index contributed by atoms with van der Waals surface area (Å²) in [6, 6.07) is 20.1. The summed E-state index contributed by atoms with van der Waals surface area (Å²) in [5, 5.41) is 7.51. The molecule has 2 N–H and O–H groups in total. The molecule has 0 aliphatic carbocycles. The highest BCUT2D eigenvalue weighted by molar-refractivity contribution is 7.09. The van der Waals surface area contributed by atoms with Gasteiger partial charge in [-0.2, -0.15) is 0 Å². The molecule has 9 nitrogen and oxygen atoms in total. The molecule has 1 heterocycles. The van der Waals surface area contributed by atoms with Gasteiger partial charge in [-0.15, -0.1) is 11.3 Å². The van der Waals surface area contributed by atoms with Crippen molar-refractivity contribution in [2.24, 2.45) is 0 Å². The lowest BCUT2D eigenvalue weighted by Gasteiger charge is -2.29. The number of benzene rings is 2. The van der Waals surface area contributed by atoms with Crippen LogP contribution in [0.2, 0.25) is 0 Å². The van der Waals surface area contributed by atoms with Gasteiger partial charge in [0.15, 0.2) is 0 Å². The largest absolute Gasteiger partial charge is 0.497 e. The normalized spacial score (nSPS) is 11.7. The van der Waals surface area contributed by atoms with Gasteiger partial charge in [0.25, 0.3) is 0 Å². The summed E-state index contributed by atoms with van der Waals surface area (Å²) in [5.41, 5.74) is 1.11. The molecular weight excluding hydrogens is 554 g/mol. The van der Waals surface area contributed by atoms with E-state index in [2.05, 4.69) is 10.6 Å². The Morgan fingerprint density at radius 2 is 1.67 bits per heavy atom. The molecule has 1 atom stereocenters. The highest BCUT2D eigenvalue weighted by Gasteiger charge is 2.28. The standard InChI is InChI=1S/C32H41N3O6S/c1-32(2,3)41-31(38)34-28(17-8-9-18-33-30(37)40-23-24-12-6-5-7-13-24)29(36)35(22-27-16-11-19-42-27)21-25-14-10-15-26(20-25)39-4/h5-7,10-16,19-20,28H,8-9,17-18,21-23H2,1-4H3,(H,33,37)(H,34,38)/t28-/m0/s1. The summed E-state index contributed by atoms with van der Waals surface area (Å²) >= 11 is 1.57. The van der Waals surface area contributed by atoms with Gasteiger partial charge in [-0.05, 0) is 74.7 Å². The summed E-state index contributed by atoms with van der Waals surface area (Å²) < 4.78 is 16.1. The Labute approximate surface area is 252 Å². The predicted molar refractivity (Wildman–Crippen MR) is 163 cm³/mol. The van der Waals surface area contributed by atoms with Crippen LogP contribution >= 0.6 is 11.3 Å². The van der Waals surface area contributed by atoms with Gasteiger partial charge in [-0.25, -0.2) is 9.59 Å². The summed E-state index contributed by atoms with van der Waals surface area (Å²) in [4.78, 5) is 41.5. The number of alkyl carbamates (subject to hydrolysis) is 2. The molecule has 42 heavy (non-hydrogen) atoms. The molecule has 3 aromatic rings. The summed E-state index contributed by atoms with van der Waals surface area (Å²) in [6.45, 7) is 6.64. The van der Waals surface area contributed by atoms with E-state index in [0.29, 0.717) is 44.6 Å². The van der Waals surface area contributed by atoms with Gasteiger partial charge in [-0.1, -0.05) is 48.5 Å². The number of ether oxygens (including phenoxy) is 3. The van der Waals surface area contributed by atoms with E-state index < -0.39 is 23.8 Å². The Bertz CT molecular complexity index is 1260. The fourth-order valence-corrected chi connectivity index (χ4v) is 4.88. The summed E-state index contributed by atoms with van der Waals surface area (Å²) in [5.74, 6) is 0.488. The number of nitrogens with zero attached hydrogens (tertiary/aromatic N) is 1. The second-order valence-corrected chi connectivity index (χ2v) is 11.8. The Balaban J connectivity index is 1.63. The van der Waals surface area contributed by atoms with Crippen LogP contribution in [-0.2, 0) is 34.0 Å². The lowest BCUT2D eigenvalue weighted by atomic mass is 10.1. The van der Waals surface area contributed by atoms with E-state index in [-0.39, 0.29) is 12.5 Å². The molecular formula is C32H41N3O6S. The van der Waals surface area contributed by atoms with E-state index in [1.807, 2.05) is 72.1 Å². The smallest absolute Gasteiger partial charge is 0.408 e. The van der Waals surface area contributed by atoms with Gasteiger partial charge in [0.2, 0.25) is 5.91 Å². The number of rotatable bonds is 14. The molecule has 0 unspecified atom stereocenters. The topological polar surface area (TPSA) is 106 Å². The maximum Gasteiger partial charge on any atom is 0.408 e.